The summed E-state index contributed by atoms with van der Waals surface area (Å²) < 4.78 is 0. The molecule has 1 aromatic rings. The minimum absolute atomic E-state index is 0.131. The van der Waals surface area contributed by atoms with Gasteiger partial charge in [-0.1, -0.05) is 11.2 Å². The maximum Gasteiger partial charge on any atom is 0.141 e. The maximum absolute atomic E-state index is 8.50. The first-order chi connectivity index (χ1) is 7.54. The van der Waals surface area contributed by atoms with Crippen LogP contribution < -0.4 is 10.6 Å². The first-order valence-electron chi connectivity index (χ1n) is 5.16. The van der Waals surface area contributed by atoms with Crippen molar-refractivity contribution in [2.75, 3.05) is 11.9 Å². The van der Waals surface area contributed by atoms with Crippen LogP contribution in [0, 0.1) is 6.92 Å². The van der Waals surface area contributed by atoms with Gasteiger partial charge in [0.25, 0.3) is 0 Å². The Morgan fingerprint density at radius 2 is 2.31 bits per heavy atom. The number of amidine groups is 1. The molecule has 0 aromatic carbocycles. The number of hydrogen-bond acceptors (Lipinski definition) is 4. The third-order valence-corrected chi connectivity index (χ3v) is 2.55. The van der Waals surface area contributed by atoms with Crippen LogP contribution in [0.2, 0.25) is 0 Å². The molecular formula is C11H18N4O. The highest BCUT2D eigenvalue weighted by Gasteiger charge is 2.12. The van der Waals surface area contributed by atoms with Gasteiger partial charge in [-0.2, -0.15) is 0 Å². The van der Waals surface area contributed by atoms with Crippen LogP contribution in [-0.2, 0) is 0 Å². The fourth-order valence-electron chi connectivity index (χ4n) is 1.37. The lowest BCUT2D eigenvalue weighted by atomic mass is 10.2. The predicted molar refractivity (Wildman–Crippen MR) is 64.9 cm³/mol. The Kier molecular flexibility index (Phi) is 4.10. The van der Waals surface area contributed by atoms with Gasteiger partial charge in [0.2, 0.25) is 0 Å². The van der Waals surface area contributed by atoms with Crippen molar-refractivity contribution in [1.29, 1.82) is 0 Å². The topological polar surface area (TPSA) is 74.7 Å². The summed E-state index contributed by atoms with van der Waals surface area (Å²) in [5, 5.41) is 11.5. The summed E-state index contributed by atoms with van der Waals surface area (Å²) in [6.07, 6.45) is 2.32. The second-order valence-corrected chi connectivity index (χ2v) is 3.95. The fourth-order valence-corrected chi connectivity index (χ4v) is 1.37. The third kappa shape index (κ3) is 3.12. The highest BCUT2D eigenvalue weighted by atomic mass is 16.4. The SMILES string of the molecule is Cc1ccc(N(C)C(C)C/C(N)=N/O)nc1. The van der Waals surface area contributed by atoms with Gasteiger partial charge in [0.15, 0.2) is 0 Å². The Bertz CT molecular complexity index is 361. The van der Waals surface area contributed by atoms with Gasteiger partial charge < -0.3 is 15.8 Å². The Labute approximate surface area is 95.6 Å². The van der Waals surface area contributed by atoms with E-state index in [2.05, 4.69) is 10.1 Å². The van der Waals surface area contributed by atoms with Crippen molar-refractivity contribution in [3.8, 4) is 0 Å². The zero-order chi connectivity index (χ0) is 12.1. The minimum Gasteiger partial charge on any atom is -0.409 e. The Morgan fingerprint density at radius 1 is 1.62 bits per heavy atom. The first kappa shape index (κ1) is 12.3. The van der Waals surface area contributed by atoms with Crippen molar-refractivity contribution >= 4 is 11.7 Å². The van der Waals surface area contributed by atoms with E-state index < -0.39 is 0 Å². The molecule has 3 N–H and O–H groups in total. The number of anilines is 1. The maximum atomic E-state index is 8.50. The van der Waals surface area contributed by atoms with E-state index in [0.717, 1.165) is 11.4 Å². The molecule has 0 radical (unpaired) electrons. The lowest BCUT2D eigenvalue weighted by Crippen LogP contribution is -2.33. The molecular weight excluding hydrogens is 204 g/mol. The van der Waals surface area contributed by atoms with Crippen LogP contribution in [0.4, 0.5) is 5.82 Å². The average Bonchev–Trinajstić information content (AvgIpc) is 2.28. The predicted octanol–water partition coefficient (Wildman–Crippen LogP) is 1.35. The van der Waals surface area contributed by atoms with Gasteiger partial charge in [-0.15, -0.1) is 0 Å². The number of pyridine rings is 1. The summed E-state index contributed by atoms with van der Waals surface area (Å²) in [5.74, 6) is 1.11. The van der Waals surface area contributed by atoms with Crippen LogP contribution in [0.15, 0.2) is 23.5 Å². The van der Waals surface area contributed by atoms with Gasteiger partial charge in [-0.25, -0.2) is 4.98 Å². The Morgan fingerprint density at radius 3 is 2.81 bits per heavy atom. The molecule has 1 heterocycles. The molecule has 0 aliphatic carbocycles. The standard InChI is InChI=1S/C11H18N4O/c1-8-4-5-11(13-7-8)15(3)9(2)6-10(12)14-16/h4-5,7,9,16H,6H2,1-3H3,(H2,12,14). The highest BCUT2D eigenvalue weighted by molar-refractivity contribution is 5.80. The van der Waals surface area contributed by atoms with E-state index >= 15 is 0 Å². The van der Waals surface area contributed by atoms with Crippen molar-refractivity contribution in [3.05, 3.63) is 23.9 Å². The molecule has 1 atom stereocenters. The van der Waals surface area contributed by atoms with Gasteiger partial charge in [0.05, 0.1) is 0 Å². The van der Waals surface area contributed by atoms with E-state index in [-0.39, 0.29) is 11.9 Å². The van der Waals surface area contributed by atoms with Crippen molar-refractivity contribution < 1.29 is 5.21 Å². The normalized spacial score (nSPS) is 13.6. The summed E-state index contributed by atoms with van der Waals surface area (Å²) in [4.78, 5) is 6.31. The molecule has 5 nitrogen and oxygen atoms in total. The lowest BCUT2D eigenvalue weighted by molar-refractivity contribution is 0.316. The molecule has 0 spiro atoms. The number of aryl methyl sites for hydroxylation is 1. The second-order valence-electron chi connectivity index (χ2n) is 3.95. The lowest BCUT2D eigenvalue weighted by Gasteiger charge is -2.25. The quantitative estimate of drug-likeness (QED) is 0.349. The van der Waals surface area contributed by atoms with E-state index in [1.807, 2.05) is 44.1 Å². The molecule has 1 rings (SSSR count). The van der Waals surface area contributed by atoms with Crippen LogP contribution in [0.1, 0.15) is 18.9 Å². The number of nitrogens with zero attached hydrogens (tertiary/aromatic N) is 3. The molecule has 16 heavy (non-hydrogen) atoms. The van der Waals surface area contributed by atoms with Crippen molar-refractivity contribution in [1.82, 2.24) is 4.98 Å². The van der Waals surface area contributed by atoms with Crippen LogP contribution in [0.3, 0.4) is 0 Å². The van der Waals surface area contributed by atoms with Crippen LogP contribution in [0.5, 0.6) is 0 Å². The molecule has 0 aliphatic heterocycles. The van der Waals surface area contributed by atoms with Crippen molar-refractivity contribution in [2.45, 2.75) is 26.3 Å². The van der Waals surface area contributed by atoms with E-state index in [1.54, 1.807) is 0 Å². The summed E-state index contributed by atoms with van der Waals surface area (Å²) in [6, 6.07) is 4.10. The largest absolute Gasteiger partial charge is 0.409 e. The van der Waals surface area contributed by atoms with Crippen LogP contribution in [0.25, 0.3) is 0 Å². The summed E-state index contributed by atoms with van der Waals surface area (Å²) >= 11 is 0. The molecule has 0 bridgehead atoms. The first-order valence-corrected chi connectivity index (χ1v) is 5.16. The molecule has 1 aromatic heterocycles. The van der Waals surface area contributed by atoms with E-state index in [4.69, 9.17) is 10.9 Å². The molecule has 0 fully saturated rings. The van der Waals surface area contributed by atoms with Crippen LogP contribution in [-0.4, -0.2) is 29.1 Å². The Hall–Kier alpha value is -1.78. The van der Waals surface area contributed by atoms with Crippen LogP contribution >= 0.6 is 0 Å². The summed E-state index contributed by atoms with van der Waals surface area (Å²) in [5.41, 5.74) is 6.59. The molecule has 0 amide bonds. The molecule has 5 heteroatoms. The second kappa shape index (κ2) is 5.34. The molecule has 0 saturated carbocycles. The highest BCUT2D eigenvalue weighted by Crippen LogP contribution is 2.13. The number of nitrogens with two attached hydrogens (primary N) is 1. The molecule has 1 unspecified atom stereocenters. The van der Waals surface area contributed by atoms with E-state index in [1.165, 1.54) is 0 Å². The number of oxime groups is 1. The molecule has 0 saturated heterocycles. The zero-order valence-corrected chi connectivity index (χ0v) is 9.88. The van der Waals surface area contributed by atoms with Crippen molar-refractivity contribution in [2.24, 2.45) is 10.9 Å². The smallest absolute Gasteiger partial charge is 0.141 e. The summed E-state index contributed by atoms with van der Waals surface area (Å²) in [6.45, 7) is 4.00. The monoisotopic (exact) mass is 222 g/mol. The number of hydrogen-bond donors (Lipinski definition) is 2. The van der Waals surface area contributed by atoms with Gasteiger partial charge in [-0.05, 0) is 25.5 Å². The summed E-state index contributed by atoms with van der Waals surface area (Å²) in [7, 11) is 1.94. The Balaban J connectivity index is 2.70. The zero-order valence-electron chi connectivity index (χ0n) is 9.88. The number of rotatable bonds is 4. The molecule has 88 valence electrons. The minimum atomic E-state index is 0.131. The van der Waals surface area contributed by atoms with Gasteiger partial charge in [0.1, 0.15) is 11.7 Å². The third-order valence-electron chi connectivity index (χ3n) is 2.55. The van der Waals surface area contributed by atoms with Gasteiger partial charge in [-0.3, -0.25) is 0 Å². The fraction of sp³-hybridized carbons (Fsp3) is 0.455. The number of aromatic nitrogens is 1. The van der Waals surface area contributed by atoms with Gasteiger partial charge >= 0.3 is 0 Å². The molecule has 0 aliphatic rings. The van der Waals surface area contributed by atoms with Crippen molar-refractivity contribution in [3.63, 3.8) is 0 Å². The van der Waals surface area contributed by atoms with E-state index in [9.17, 15) is 0 Å². The van der Waals surface area contributed by atoms with Gasteiger partial charge in [0, 0.05) is 25.7 Å². The van der Waals surface area contributed by atoms with E-state index in [0.29, 0.717) is 6.42 Å². The average molecular weight is 222 g/mol.